The van der Waals surface area contributed by atoms with Gasteiger partial charge in [-0.15, -0.1) is 12.3 Å². The summed E-state index contributed by atoms with van der Waals surface area (Å²) in [4.78, 5) is 11.6. The lowest BCUT2D eigenvalue weighted by Crippen LogP contribution is -2.40. The summed E-state index contributed by atoms with van der Waals surface area (Å²) in [6.07, 6.45) is 4.89. The highest BCUT2D eigenvalue weighted by atomic mass is 16.3. The number of nitrogens with one attached hydrogen (secondary N) is 1. The molecule has 0 spiro atoms. The van der Waals surface area contributed by atoms with Gasteiger partial charge in [-0.3, -0.25) is 4.79 Å². The van der Waals surface area contributed by atoms with Crippen LogP contribution in [-0.4, -0.2) is 23.2 Å². The van der Waals surface area contributed by atoms with Crippen molar-refractivity contribution < 1.29 is 9.90 Å². The lowest BCUT2D eigenvalue weighted by molar-refractivity contribution is -0.129. The van der Waals surface area contributed by atoms with Crippen LogP contribution in [0.4, 0.5) is 0 Å². The van der Waals surface area contributed by atoms with Gasteiger partial charge in [0.25, 0.3) is 0 Å². The van der Waals surface area contributed by atoms with Crippen molar-refractivity contribution in [3.8, 4) is 12.3 Å². The molecule has 1 amide bonds. The normalized spacial score (nSPS) is 13.5. The molecule has 0 heterocycles. The summed E-state index contributed by atoms with van der Waals surface area (Å²) in [6, 6.07) is 9.29. The van der Waals surface area contributed by atoms with Gasteiger partial charge in [0.1, 0.15) is 6.10 Å². The fourth-order valence-electron chi connectivity index (χ4n) is 1.50. The molecule has 0 fully saturated rings. The van der Waals surface area contributed by atoms with Crippen LogP contribution >= 0.6 is 0 Å². The molecule has 0 unspecified atom stereocenters. The molecule has 17 heavy (non-hydrogen) atoms. The average molecular weight is 231 g/mol. The molecule has 0 radical (unpaired) electrons. The van der Waals surface area contributed by atoms with E-state index in [1.165, 1.54) is 0 Å². The SMILES string of the molecule is C#CC[C@H](C)NC(=O)[C@@H](O)Cc1ccccc1. The van der Waals surface area contributed by atoms with Gasteiger partial charge in [-0.2, -0.15) is 0 Å². The smallest absolute Gasteiger partial charge is 0.249 e. The topological polar surface area (TPSA) is 49.3 Å². The Balaban J connectivity index is 2.45. The number of hydrogen-bond donors (Lipinski definition) is 2. The van der Waals surface area contributed by atoms with Crippen LogP contribution in [-0.2, 0) is 11.2 Å². The highest BCUT2D eigenvalue weighted by Crippen LogP contribution is 2.03. The maximum atomic E-state index is 11.6. The van der Waals surface area contributed by atoms with E-state index in [0.717, 1.165) is 5.56 Å². The summed E-state index contributed by atoms with van der Waals surface area (Å²) < 4.78 is 0. The molecule has 0 aromatic heterocycles. The minimum Gasteiger partial charge on any atom is -0.383 e. The number of aliphatic hydroxyl groups excluding tert-OH is 1. The Morgan fingerprint density at radius 3 is 2.71 bits per heavy atom. The number of benzene rings is 1. The first-order valence-corrected chi connectivity index (χ1v) is 5.59. The number of carbonyl (C=O) groups excluding carboxylic acids is 1. The Morgan fingerprint density at radius 2 is 2.12 bits per heavy atom. The first-order valence-electron chi connectivity index (χ1n) is 5.59. The lowest BCUT2D eigenvalue weighted by atomic mass is 10.1. The first kappa shape index (κ1) is 13.3. The molecule has 1 rings (SSSR count). The predicted molar refractivity (Wildman–Crippen MR) is 67.2 cm³/mol. The zero-order valence-corrected chi connectivity index (χ0v) is 9.89. The second-order valence-corrected chi connectivity index (χ2v) is 4.02. The van der Waals surface area contributed by atoms with Crippen molar-refractivity contribution in [1.82, 2.24) is 5.32 Å². The van der Waals surface area contributed by atoms with Crippen LogP contribution in [0.25, 0.3) is 0 Å². The Kier molecular flexibility index (Phi) is 5.25. The van der Waals surface area contributed by atoms with Crippen molar-refractivity contribution in [2.45, 2.75) is 31.9 Å². The third kappa shape index (κ3) is 4.71. The molecule has 2 N–H and O–H groups in total. The van der Waals surface area contributed by atoms with Gasteiger partial charge < -0.3 is 10.4 Å². The summed E-state index contributed by atoms with van der Waals surface area (Å²) in [5.41, 5.74) is 0.930. The van der Waals surface area contributed by atoms with Crippen LogP contribution in [0.1, 0.15) is 18.9 Å². The maximum Gasteiger partial charge on any atom is 0.249 e. The third-order valence-corrected chi connectivity index (χ3v) is 2.39. The largest absolute Gasteiger partial charge is 0.383 e. The maximum absolute atomic E-state index is 11.6. The number of carbonyl (C=O) groups is 1. The van der Waals surface area contributed by atoms with E-state index in [0.29, 0.717) is 12.8 Å². The Hall–Kier alpha value is -1.79. The fraction of sp³-hybridized carbons (Fsp3) is 0.357. The van der Waals surface area contributed by atoms with E-state index in [9.17, 15) is 9.90 Å². The highest BCUT2D eigenvalue weighted by Gasteiger charge is 2.16. The number of aliphatic hydroxyl groups is 1. The number of rotatable bonds is 5. The molecule has 0 aliphatic heterocycles. The molecule has 2 atom stereocenters. The second-order valence-electron chi connectivity index (χ2n) is 4.02. The van der Waals surface area contributed by atoms with Gasteiger partial charge in [-0.25, -0.2) is 0 Å². The molecule has 0 bridgehead atoms. The summed E-state index contributed by atoms with van der Waals surface area (Å²) in [5, 5.41) is 12.4. The standard InChI is InChI=1S/C14H17NO2/c1-3-7-11(2)15-14(17)13(16)10-12-8-5-4-6-9-12/h1,4-6,8-9,11,13,16H,7,10H2,2H3,(H,15,17)/t11-,13-/m0/s1. The van der Waals surface area contributed by atoms with Gasteiger partial charge in [-0.05, 0) is 12.5 Å². The molecule has 1 aromatic carbocycles. The summed E-state index contributed by atoms with van der Waals surface area (Å²) in [6.45, 7) is 1.81. The summed E-state index contributed by atoms with van der Waals surface area (Å²) in [5.74, 6) is 2.09. The first-order chi connectivity index (χ1) is 8.13. The summed E-state index contributed by atoms with van der Waals surface area (Å²) >= 11 is 0. The lowest BCUT2D eigenvalue weighted by Gasteiger charge is -2.15. The van der Waals surface area contributed by atoms with Crippen LogP contribution in [0.2, 0.25) is 0 Å². The molecule has 3 nitrogen and oxygen atoms in total. The van der Waals surface area contributed by atoms with Crippen molar-refractivity contribution in [3.63, 3.8) is 0 Å². The van der Waals surface area contributed by atoms with Crippen LogP contribution in [0.3, 0.4) is 0 Å². The van der Waals surface area contributed by atoms with Crippen molar-refractivity contribution >= 4 is 5.91 Å². The average Bonchev–Trinajstić information content (AvgIpc) is 2.30. The monoisotopic (exact) mass is 231 g/mol. The van der Waals surface area contributed by atoms with Crippen LogP contribution < -0.4 is 5.32 Å². The Bertz CT molecular complexity index is 394. The zero-order chi connectivity index (χ0) is 12.7. The van der Waals surface area contributed by atoms with Crippen LogP contribution in [0.5, 0.6) is 0 Å². The molecule has 0 saturated carbocycles. The van der Waals surface area contributed by atoms with Gasteiger partial charge in [0.15, 0.2) is 0 Å². The third-order valence-electron chi connectivity index (χ3n) is 2.39. The van der Waals surface area contributed by atoms with E-state index in [1.54, 1.807) is 0 Å². The minimum atomic E-state index is -1.03. The molecule has 0 saturated heterocycles. The molecule has 90 valence electrons. The molecule has 3 heteroatoms. The van der Waals surface area contributed by atoms with E-state index in [4.69, 9.17) is 6.42 Å². The van der Waals surface area contributed by atoms with Gasteiger partial charge in [0.2, 0.25) is 5.91 Å². The molecular weight excluding hydrogens is 214 g/mol. The van der Waals surface area contributed by atoms with E-state index in [-0.39, 0.29) is 11.9 Å². The van der Waals surface area contributed by atoms with E-state index < -0.39 is 6.10 Å². The Morgan fingerprint density at radius 1 is 1.47 bits per heavy atom. The molecule has 0 aliphatic carbocycles. The summed E-state index contributed by atoms with van der Waals surface area (Å²) in [7, 11) is 0. The van der Waals surface area contributed by atoms with Crippen molar-refractivity contribution in [3.05, 3.63) is 35.9 Å². The van der Waals surface area contributed by atoms with Gasteiger partial charge in [0, 0.05) is 18.9 Å². The van der Waals surface area contributed by atoms with Crippen LogP contribution in [0, 0.1) is 12.3 Å². The van der Waals surface area contributed by atoms with E-state index in [1.807, 2.05) is 37.3 Å². The molecule has 1 aromatic rings. The van der Waals surface area contributed by atoms with E-state index >= 15 is 0 Å². The quantitative estimate of drug-likeness (QED) is 0.746. The predicted octanol–water partition coefficient (Wildman–Crippen LogP) is 1.12. The number of amides is 1. The van der Waals surface area contributed by atoms with E-state index in [2.05, 4.69) is 11.2 Å². The van der Waals surface area contributed by atoms with Gasteiger partial charge in [-0.1, -0.05) is 30.3 Å². The number of terminal acetylenes is 1. The Labute approximate surface area is 102 Å². The van der Waals surface area contributed by atoms with Crippen molar-refractivity contribution in [1.29, 1.82) is 0 Å². The molecule has 0 aliphatic rings. The van der Waals surface area contributed by atoms with Crippen molar-refractivity contribution in [2.24, 2.45) is 0 Å². The van der Waals surface area contributed by atoms with Gasteiger partial charge >= 0.3 is 0 Å². The highest BCUT2D eigenvalue weighted by molar-refractivity contribution is 5.81. The second kappa shape index (κ2) is 6.72. The number of hydrogen-bond acceptors (Lipinski definition) is 2. The minimum absolute atomic E-state index is 0.113. The van der Waals surface area contributed by atoms with Gasteiger partial charge in [0.05, 0.1) is 0 Å². The van der Waals surface area contributed by atoms with Crippen molar-refractivity contribution in [2.75, 3.05) is 0 Å². The molecular formula is C14H17NO2. The fourth-order valence-corrected chi connectivity index (χ4v) is 1.50. The van der Waals surface area contributed by atoms with Crippen LogP contribution in [0.15, 0.2) is 30.3 Å². The zero-order valence-electron chi connectivity index (χ0n) is 9.89.